The highest BCUT2D eigenvalue weighted by Crippen LogP contribution is 2.24. The van der Waals surface area contributed by atoms with Gasteiger partial charge in [-0.25, -0.2) is 4.98 Å². The zero-order chi connectivity index (χ0) is 18.8. The number of aromatic nitrogens is 3. The first-order chi connectivity index (χ1) is 12.4. The van der Waals surface area contributed by atoms with E-state index in [2.05, 4.69) is 15.0 Å². The summed E-state index contributed by atoms with van der Waals surface area (Å²) >= 11 is 0. The molecule has 0 spiro atoms. The second-order valence-corrected chi connectivity index (χ2v) is 6.62. The van der Waals surface area contributed by atoms with Crippen LogP contribution in [0, 0.1) is 18.8 Å². The van der Waals surface area contributed by atoms with Gasteiger partial charge >= 0.3 is 5.97 Å². The number of aliphatic carboxylic acids is 1. The minimum atomic E-state index is -0.899. The van der Waals surface area contributed by atoms with Crippen molar-refractivity contribution in [1.82, 2.24) is 19.9 Å². The molecule has 8 nitrogen and oxygen atoms in total. The average Bonchev–Trinajstić information content (AvgIpc) is 3.01. The fourth-order valence-corrected chi connectivity index (χ4v) is 3.21. The number of H-pyrrole nitrogens is 1. The Kier molecular flexibility index (Phi) is 4.83. The Labute approximate surface area is 149 Å². The van der Waals surface area contributed by atoms with E-state index >= 15 is 0 Å². The normalized spacial score (nSPS) is 19.5. The Bertz CT molecular complexity index is 894. The molecule has 0 aromatic carbocycles. The minimum Gasteiger partial charge on any atom is -0.481 e. The number of hydrogen-bond acceptors (Lipinski definition) is 5. The minimum absolute atomic E-state index is 0.0967. The van der Waals surface area contributed by atoms with E-state index in [1.54, 1.807) is 31.5 Å². The van der Waals surface area contributed by atoms with Gasteiger partial charge in [-0.05, 0) is 25.0 Å². The van der Waals surface area contributed by atoms with E-state index in [0.29, 0.717) is 29.2 Å². The summed E-state index contributed by atoms with van der Waals surface area (Å²) in [4.78, 5) is 48.8. The number of hydrogen-bond donors (Lipinski definition) is 2. The highest BCUT2D eigenvalue weighted by molar-refractivity contribution is 5.81. The number of carboxylic acid groups (broad SMARTS) is 1. The molecule has 2 N–H and O–H groups in total. The van der Waals surface area contributed by atoms with Gasteiger partial charge in [0.1, 0.15) is 5.82 Å². The molecule has 2 atom stereocenters. The molecule has 0 unspecified atom stereocenters. The standard InChI is InChI=1S/C18H20N4O4/c1-10-8-22(9-14(10)18(25)26)15(23)6-13-11(2)20-16(21-17(13)24)12-4-3-5-19-7-12/h3-5,7,10,14H,6,8-9H2,1-2H3,(H,25,26)(H,20,21,24)/t10-,14-/m1/s1. The molecule has 1 aliphatic rings. The maximum atomic E-state index is 12.5. The van der Waals surface area contributed by atoms with E-state index < -0.39 is 11.9 Å². The van der Waals surface area contributed by atoms with Gasteiger partial charge in [0.05, 0.1) is 12.3 Å². The number of carbonyl (C=O) groups excluding carboxylic acids is 1. The largest absolute Gasteiger partial charge is 0.481 e. The van der Waals surface area contributed by atoms with Crippen molar-refractivity contribution in [2.75, 3.05) is 13.1 Å². The number of aromatic amines is 1. The van der Waals surface area contributed by atoms with Crippen molar-refractivity contribution in [3.05, 3.63) is 46.1 Å². The first kappa shape index (κ1) is 17.8. The number of amides is 1. The van der Waals surface area contributed by atoms with E-state index in [0.717, 1.165) is 0 Å². The Morgan fingerprint density at radius 1 is 1.38 bits per heavy atom. The number of carbonyl (C=O) groups is 2. The smallest absolute Gasteiger partial charge is 0.308 e. The number of rotatable bonds is 4. The lowest BCUT2D eigenvalue weighted by molar-refractivity contribution is -0.142. The molecule has 0 aliphatic carbocycles. The zero-order valence-electron chi connectivity index (χ0n) is 14.6. The molecule has 0 radical (unpaired) electrons. The summed E-state index contributed by atoms with van der Waals surface area (Å²) in [6.07, 6.45) is 3.13. The first-order valence-electron chi connectivity index (χ1n) is 8.37. The van der Waals surface area contributed by atoms with Gasteiger partial charge in [0, 0.05) is 42.3 Å². The zero-order valence-corrected chi connectivity index (χ0v) is 14.6. The Morgan fingerprint density at radius 2 is 2.15 bits per heavy atom. The predicted molar refractivity (Wildman–Crippen MR) is 93.4 cm³/mol. The van der Waals surface area contributed by atoms with Crippen LogP contribution in [0.2, 0.25) is 0 Å². The van der Waals surface area contributed by atoms with Crippen molar-refractivity contribution < 1.29 is 14.7 Å². The summed E-state index contributed by atoms with van der Waals surface area (Å²) < 4.78 is 0. The molecule has 1 aliphatic heterocycles. The number of nitrogens with zero attached hydrogens (tertiary/aromatic N) is 3. The quantitative estimate of drug-likeness (QED) is 0.839. The number of likely N-dealkylation sites (tertiary alicyclic amines) is 1. The van der Waals surface area contributed by atoms with E-state index in [4.69, 9.17) is 0 Å². The molecule has 2 aromatic heterocycles. The molecule has 1 saturated heterocycles. The third-order valence-corrected chi connectivity index (χ3v) is 4.77. The van der Waals surface area contributed by atoms with Crippen molar-refractivity contribution >= 4 is 11.9 Å². The lowest BCUT2D eigenvalue weighted by atomic mass is 9.99. The SMILES string of the molecule is Cc1nc(-c2cccnc2)[nH]c(=O)c1CC(=O)N1C[C@@H](C)[C@H](C(=O)O)C1. The van der Waals surface area contributed by atoms with Crippen LogP contribution in [0.3, 0.4) is 0 Å². The highest BCUT2D eigenvalue weighted by atomic mass is 16.4. The van der Waals surface area contributed by atoms with Gasteiger partial charge < -0.3 is 15.0 Å². The van der Waals surface area contributed by atoms with Gasteiger partial charge in [0.15, 0.2) is 0 Å². The summed E-state index contributed by atoms with van der Waals surface area (Å²) in [5, 5.41) is 9.19. The van der Waals surface area contributed by atoms with Crippen LogP contribution in [0.5, 0.6) is 0 Å². The molecule has 3 heterocycles. The van der Waals surface area contributed by atoms with E-state index in [-0.39, 0.29) is 30.3 Å². The number of carboxylic acids is 1. The van der Waals surface area contributed by atoms with E-state index in [1.807, 2.05) is 6.92 Å². The summed E-state index contributed by atoms with van der Waals surface area (Å²) in [7, 11) is 0. The molecule has 26 heavy (non-hydrogen) atoms. The molecule has 0 saturated carbocycles. The second kappa shape index (κ2) is 7.07. The molecule has 0 bridgehead atoms. The molecule has 2 aromatic rings. The van der Waals surface area contributed by atoms with Crippen molar-refractivity contribution in [3.63, 3.8) is 0 Å². The van der Waals surface area contributed by atoms with Crippen LogP contribution < -0.4 is 5.56 Å². The van der Waals surface area contributed by atoms with Gasteiger partial charge in [-0.1, -0.05) is 6.92 Å². The van der Waals surface area contributed by atoms with E-state index in [1.165, 1.54) is 4.90 Å². The Hall–Kier alpha value is -3.03. The molecule has 1 fully saturated rings. The summed E-state index contributed by atoms with van der Waals surface area (Å²) in [6, 6.07) is 3.53. The maximum Gasteiger partial charge on any atom is 0.308 e. The van der Waals surface area contributed by atoms with Gasteiger partial charge in [-0.3, -0.25) is 19.4 Å². The second-order valence-electron chi connectivity index (χ2n) is 6.62. The van der Waals surface area contributed by atoms with Gasteiger partial charge in [-0.2, -0.15) is 0 Å². The summed E-state index contributed by atoms with van der Waals surface area (Å²) in [6.45, 7) is 4.06. The van der Waals surface area contributed by atoms with Gasteiger partial charge in [-0.15, -0.1) is 0 Å². The molecule has 1 amide bonds. The van der Waals surface area contributed by atoms with Gasteiger partial charge in [0.2, 0.25) is 5.91 Å². The first-order valence-corrected chi connectivity index (χ1v) is 8.37. The molecule has 136 valence electrons. The van der Waals surface area contributed by atoms with E-state index in [9.17, 15) is 19.5 Å². The van der Waals surface area contributed by atoms with Crippen LogP contribution in [-0.4, -0.2) is 49.9 Å². The van der Waals surface area contributed by atoms with Crippen molar-refractivity contribution in [2.45, 2.75) is 20.3 Å². The number of aryl methyl sites for hydroxylation is 1. The monoisotopic (exact) mass is 356 g/mol. The predicted octanol–water partition coefficient (Wildman–Crippen LogP) is 0.862. The third-order valence-electron chi connectivity index (χ3n) is 4.77. The van der Waals surface area contributed by atoms with Crippen molar-refractivity contribution in [2.24, 2.45) is 11.8 Å². The Balaban J connectivity index is 1.79. The van der Waals surface area contributed by atoms with Gasteiger partial charge in [0.25, 0.3) is 5.56 Å². The average molecular weight is 356 g/mol. The summed E-state index contributed by atoms with van der Waals surface area (Å²) in [5.74, 6) is -1.43. The molecule has 8 heteroatoms. The van der Waals surface area contributed by atoms with Crippen LogP contribution >= 0.6 is 0 Å². The maximum absolute atomic E-state index is 12.5. The molecular formula is C18H20N4O4. The van der Waals surface area contributed by atoms with Crippen molar-refractivity contribution in [3.8, 4) is 11.4 Å². The lowest BCUT2D eigenvalue weighted by Crippen LogP contribution is -2.33. The highest BCUT2D eigenvalue weighted by Gasteiger charge is 2.37. The van der Waals surface area contributed by atoms with Crippen LogP contribution in [0.25, 0.3) is 11.4 Å². The van der Waals surface area contributed by atoms with Crippen LogP contribution in [0.1, 0.15) is 18.2 Å². The van der Waals surface area contributed by atoms with Crippen LogP contribution in [0.4, 0.5) is 0 Å². The van der Waals surface area contributed by atoms with Crippen LogP contribution in [-0.2, 0) is 16.0 Å². The number of pyridine rings is 1. The molecular weight excluding hydrogens is 336 g/mol. The summed E-state index contributed by atoms with van der Waals surface area (Å²) in [5.41, 5.74) is 1.09. The van der Waals surface area contributed by atoms with Crippen LogP contribution in [0.15, 0.2) is 29.3 Å². The Morgan fingerprint density at radius 3 is 2.73 bits per heavy atom. The number of nitrogens with one attached hydrogen (secondary N) is 1. The fraction of sp³-hybridized carbons (Fsp3) is 0.389. The lowest BCUT2D eigenvalue weighted by Gasteiger charge is -2.16. The fourth-order valence-electron chi connectivity index (χ4n) is 3.21. The molecule has 3 rings (SSSR count). The third kappa shape index (κ3) is 3.49. The van der Waals surface area contributed by atoms with Crippen molar-refractivity contribution in [1.29, 1.82) is 0 Å². The topological polar surface area (TPSA) is 116 Å².